The molecule has 0 amide bonds. The number of hydrogen-bond acceptors (Lipinski definition) is 4. The van der Waals surface area contributed by atoms with Crippen LogP contribution in [0.2, 0.25) is 0 Å². The molecule has 30 heavy (non-hydrogen) atoms. The van der Waals surface area contributed by atoms with E-state index in [0.29, 0.717) is 11.5 Å². The number of aromatic nitrogens is 2. The van der Waals surface area contributed by atoms with Crippen molar-refractivity contribution in [3.63, 3.8) is 0 Å². The Morgan fingerprint density at radius 3 is 2.70 bits per heavy atom. The molecular weight excluding hydrogens is 372 g/mol. The van der Waals surface area contributed by atoms with Crippen molar-refractivity contribution < 1.29 is 4.74 Å². The van der Waals surface area contributed by atoms with Gasteiger partial charge in [-0.1, -0.05) is 30.3 Å². The van der Waals surface area contributed by atoms with Crippen LogP contribution in [0.1, 0.15) is 30.3 Å². The lowest BCUT2D eigenvalue weighted by atomic mass is 9.78. The summed E-state index contributed by atoms with van der Waals surface area (Å²) in [5, 5.41) is 3.65. The molecule has 1 N–H and O–H groups in total. The molecular formula is C25H30N4O. The fourth-order valence-corrected chi connectivity index (χ4v) is 5.42. The molecule has 0 aliphatic carbocycles. The zero-order valence-electron chi connectivity index (χ0n) is 17.7. The summed E-state index contributed by atoms with van der Waals surface area (Å²) >= 11 is 0. The molecule has 0 saturated carbocycles. The van der Waals surface area contributed by atoms with Crippen LogP contribution in [0.25, 0.3) is 11.0 Å². The van der Waals surface area contributed by atoms with Crippen LogP contribution in [0, 0.1) is 5.41 Å². The van der Waals surface area contributed by atoms with Gasteiger partial charge in [0.05, 0.1) is 24.2 Å². The molecule has 2 fully saturated rings. The van der Waals surface area contributed by atoms with E-state index in [1.54, 1.807) is 0 Å². The van der Waals surface area contributed by atoms with Crippen molar-refractivity contribution in [3.05, 3.63) is 59.4 Å². The Morgan fingerprint density at radius 1 is 1.10 bits per heavy atom. The fraction of sp³-hybridized carbons (Fsp3) is 0.480. The van der Waals surface area contributed by atoms with Gasteiger partial charge in [-0.3, -0.25) is 0 Å². The van der Waals surface area contributed by atoms with Gasteiger partial charge in [-0.25, -0.2) is 4.98 Å². The zero-order chi connectivity index (χ0) is 20.1. The lowest BCUT2D eigenvalue weighted by Crippen LogP contribution is -2.66. The average molecular weight is 403 g/mol. The highest BCUT2D eigenvalue weighted by molar-refractivity contribution is 5.86. The van der Waals surface area contributed by atoms with Crippen molar-refractivity contribution in [3.8, 4) is 0 Å². The van der Waals surface area contributed by atoms with Crippen molar-refractivity contribution in [2.75, 3.05) is 38.2 Å². The number of nitrogens with one attached hydrogen (secondary N) is 1. The third-order valence-electron chi connectivity index (χ3n) is 7.11. The van der Waals surface area contributed by atoms with E-state index in [4.69, 9.17) is 9.72 Å². The summed E-state index contributed by atoms with van der Waals surface area (Å²) < 4.78 is 7.91. The molecule has 3 aliphatic rings. The van der Waals surface area contributed by atoms with E-state index in [2.05, 4.69) is 64.2 Å². The smallest absolute Gasteiger partial charge is 0.114 e. The van der Waals surface area contributed by atoms with Crippen LogP contribution in [0.4, 0.5) is 5.69 Å². The summed E-state index contributed by atoms with van der Waals surface area (Å²) in [5.74, 6) is 1.19. The normalized spacial score (nSPS) is 22.4. The number of anilines is 1. The van der Waals surface area contributed by atoms with Gasteiger partial charge in [0.25, 0.3) is 0 Å². The van der Waals surface area contributed by atoms with Crippen molar-refractivity contribution in [2.45, 2.75) is 38.8 Å². The van der Waals surface area contributed by atoms with Gasteiger partial charge in [-0.15, -0.1) is 0 Å². The van der Waals surface area contributed by atoms with E-state index >= 15 is 0 Å². The summed E-state index contributed by atoms with van der Waals surface area (Å²) in [7, 11) is 0. The SMILES string of the molecule is C[C@H]1CCc2c(ccc3c2nc(Cc2ccccc2)n3CCN2CC3(COC3)C2)N1. The van der Waals surface area contributed by atoms with Crippen LogP contribution in [0.15, 0.2) is 42.5 Å². The third kappa shape index (κ3) is 3.12. The van der Waals surface area contributed by atoms with Crippen LogP contribution in [0.3, 0.4) is 0 Å². The standard InChI is InChI=1S/C25H30N4O/c1-18-7-8-20-21(26-18)9-10-22-24(20)27-23(13-19-5-3-2-4-6-19)29(22)12-11-28-14-25(15-28)16-30-17-25/h2-6,9-10,18,26H,7-8,11-17H2,1H3/t18-/m0/s1. The first-order valence-corrected chi connectivity index (χ1v) is 11.3. The minimum atomic E-state index is 0.477. The van der Waals surface area contributed by atoms with Crippen molar-refractivity contribution in [2.24, 2.45) is 5.41 Å². The summed E-state index contributed by atoms with van der Waals surface area (Å²) in [6, 6.07) is 15.8. The van der Waals surface area contributed by atoms with E-state index in [-0.39, 0.29) is 0 Å². The molecule has 5 nitrogen and oxygen atoms in total. The second kappa shape index (κ2) is 7.10. The Hall–Kier alpha value is -2.37. The van der Waals surface area contributed by atoms with Gasteiger partial charge in [-0.2, -0.15) is 0 Å². The second-order valence-electron chi connectivity index (χ2n) is 9.59. The summed E-state index contributed by atoms with van der Waals surface area (Å²) in [5.41, 5.74) is 6.96. The monoisotopic (exact) mass is 402 g/mol. The molecule has 3 aliphatic heterocycles. The number of ether oxygens (including phenoxy) is 1. The fourth-order valence-electron chi connectivity index (χ4n) is 5.42. The lowest BCUT2D eigenvalue weighted by Gasteiger charge is -2.55. The maximum atomic E-state index is 5.43. The molecule has 2 aromatic carbocycles. The van der Waals surface area contributed by atoms with Gasteiger partial charge in [0.2, 0.25) is 0 Å². The van der Waals surface area contributed by atoms with E-state index in [0.717, 1.165) is 39.1 Å². The molecule has 1 atom stereocenters. The molecule has 2 saturated heterocycles. The van der Waals surface area contributed by atoms with Crippen LogP contribution >= 0.6 is 0 Å². The number of hydrogen-bond donors (Lipinski definition) is 1. The maximum absolute atomic E-state index is 5.43. The molecule has 156 valence electrons. The molecule has 0 bridgehead atoms. The number of fused-ring (bicyclic) bond motifs is 3. The Bertz CT molecular complexity index is 1060. The summed E-state index contributed by atoms with van der Waals surface area (Å²) in [6.45, 7) is 8.62. The number of nitrogens with zero attached hydrogens (tertiary/aromatic N) is 3. The van der Waals surface area contributed by atoms with Crippen LogP contribution < -0.4 is 5.32 Å². The highest BCUT2D eigenvalue weighted by atomic mass is 16.5. The number of benzene rings is 2. The highest BCUT2D eigenvalue weighted by Crippen LogP contribution is 2.37. The molecule has 1 aromatic heterocycles. The van der Waals surface area contributed by atoms with Crippen molar-refractivity contribution >= 4 is 16.7 Å². The second-order valence-corrected chi connectivity index (χ2v) is 9.59. The van der Waals surface area contributed by atoms with Gasteiger partial charge in [0, 0.05) is 55.3 Å². The van der Waals surface area contributed by atoms with E-state index in [9.17, 15) is 0 Å². The first kappa shape index (κ1) is 18.4. The van der Waals surface area contributed by atoms with Gasteiger partial charge in [-0.05, 0) is 37.5 Å². The quantitative estimate of drug-likeness (QED) is 0.707. The Balaban J connectivity index is 1.32. The minimum Gasteiger partial charge on any atom is -0.382 e. The third-order valence-corrected chi connectivity index (χ3v) is 7.11. The van der Waals surface area contributed by atoms with Crippen LogP contribution in [-0.2, 0) is 24.1 Å². The average Bonchev–Trinajstić information content (AvgIpc) is 3.03. The molecule has 0 unspecified atom stereocenters. The van der Waals surface area contributed by atoms with Crippen LogP contribution in [0.5, 0.6) is 0 Å². The number of rotatable bonds is 5. The first-order chi connectivity index (χ1) is 14.7. The maximum Gasteiger partial charge on any atom is 0.114 e. The predicted molar refractivity (Wildman–Crippen MR) is 120 cm³/mol. The predicted octanol–water partition coefficient (Wildman–Crippen LogP) is 3.71. The zero-order valence-corrected chi connectivity index (χ0v) is 17.7. The first-order valence-electron chi connectivity index (χ1n) is 11.3. The largest absolute Gasteiger partial charge is 0.382 e. The summed E-state index contributed by atoms with van der Waals surface area (Å²) in [4.78, 5) is 7.78. The van der Waals surface area contributed by atoms with E-state index in [1.807, 2.05) is 0 Å². The lowest BCUT2D eigenvalue weighted by molar-refractivity contribution is -0.189. The van der Waals surface area contributed by atoms with Gasteiger partial charge < -0.3 is 19.5 Å². The number of likely N-dealkylation sites (tertiary alicyclic amines) is 1. The highest BCUT2D eigenvalue weighted by Gasteiger charge is 2.48. The van der Waals surface area contributed by atoms with Gasteiger partial charge in [0.1, 0.15) is 5.82 Å². The Kier molecular flexibility index (Phi) is 4.36. The molecule has 0 radical (unpaired) electrons. The van der Waals surface area contributed by atoms with Crippen LogP contribution in [-0.4, -0.2) is 53.3 Å². The van der Waals surface area contributed by atoms with Gasteiger partial charge >= 0.3 is 0 Å². The van der Waals surface area contributed by atoms with Crippen molar-refractivity contribution in [1.82, 2.24) is 14.5 Å². The molecule has 1 spiro atoms. The van der Waals surface area contributed by atoms with Gasteiger partial charge in [0.15, 0.2) is 0 Å². The Morgan fingerprint density at radius 2 is 1.93 bits per heavy atom. The molecule has 5 heteroatoms. The molecule has 3 aromatic rings. The topological polar surface area (TPSA) is 42.3 Å². The molecule has 6 rings (SSSR count). The molecule has 4 heterocycles. The summed E-state index contributed by atoms with van der Waals surface area (Å²) in [6.07, 6.45) is 3.16. The Labute approximate surface area is 178 Å². The van der Waals surface area contributed by atoms with E-state index in [1.165, 1.54) is 53.2 Å². The van der Waals surface area contributed by atoms with E-state index < -0.39 is 0 Å². The minimum absolute atomic E-state index is 0.477. The number of aryl methyl sites for hydroxylation is 1. The number of imidazole rings is 1. The van der Waals surface area contributed by atoms with Crippen molar-refractivity contribution in [1.29, 1.82) is 0 Å².